The molecule has 4 nitrogen and oxygen atoms in total. The molecule has 1 aliphatic heterocycles. The number of ether oxygens (including phenoxy) is 1. The fraction of sp³-hybridized carbons (Fsp3) is 0.316. The van der Waals surface area contributed by atoms with Gasteiger partial charge in [0.25, 0.3) is 0 Å². The Morgan fingerprint density at radius 1 is 1.15 bits per heavy atom. The van der Waals surface area contributed by atoms with Gasteiger partial charge in [0.1, 0.15) is 0 Å². The van der Waals surface area contributed by atoms with Crippen molar-refractivity contribution in [3.8, 4) is 5.75 Å². The van der Waals surface area contributed by atoms with E-state index in [4.69, 9.17) is 10.5 Å². The topological polar surface area (TPSA) is 55.6 Å². The monoisotopic (exact) mass is 382 g/mol. The van der Waals surface area contributed by atoms with Gasteiger partial charge in [-0.15, -0.1) is 0 Å². The quantitative estimate of drug-likeness (QED) is 0.805. The number of hydrogen-bond acceptors (Lipinski definition) is 2. The summed E-state index contributed by atoms with van der Waals surface area (Å²) in [5.74, 6) is -4.88. The molecule has 1 saturated heterocycles. The van der Waals surface area contributed by atoms with Crippen LogP contribution in [0.4, 0.5) is 22.4 Å². The fourth-order valence-corrected chi connectivity index (χ4v) is 3.48. The molecule has 2 N–H and O–H groups in total. The maximum atomic E-state index is 14.0. The number of carbonyl (C=O) groups excluding carboxylic acids is 1. The minimum atomic E-state index is -1.39. The highest BCUT2D eigenvalue weighted by molar-refractivity contribution is 5.73. The molecule has 0 spiro atoms. The summed E-state index contributed by atoms with van der Waals surface area (Å²) in [6, 6.07) is 6.25. The number of hydrogen-bond donors (Lipinski definition) is 1. The summed E-state index contributed by atoms with van der Waals surface area (Å²) in [6.45, 7) is 1.68. The van der Waals surface area contributed by atoms with Crippen LogP contribution in [0.3, 0.4) is 0 Å². The molecule has 27 heavy (non-hydrogen) atoms. The van der Waals surface area contributed by atoms with E-state index in [0.29, 0.717) is 12.0 Å². The zero-order valence-electron chi connectivity index (χ0n) is 14.5. The molecule has 0 saturated carbocycles. The zero-order chi connectivity index (χ0) is 19.8. The molecule has 1 aliphatic rings. The Labute approximate surface area is 153 Å². The third-order valence-corrected chi connectivity index (χ3v) is 4.82. The number of urea groups is 1. The smallest absolute Gasteiger partial charge is 0.317 e. The first-order valence-corrected chi connectivity index (χ1v) is 8.36. The molecule has 2 atom stereocenters. The average molecular weight is 382 g/mol. The van der Waals surface area contributed by atoms with E-state index in [-0.39, 0.29) is 24.6 Å². The molecular weight excluding hydrogens is 364 g/mol. The highest BCUT2D eigenvalue weighted by Gasteiger charge is 2.43. The lowest BCUT2D eigenvalue weighted by Crippen LogP contribution is -2.59. The summed E-state index contributed by atoms with van der Waals surface area (Å²) in [7, 11) is 0. The van der Waals surface area contributed by atoms with Gasteiger partial charge >= 0.3 is 6.03 Å². The van der Waals surface area contributed by atoms with Crippen LogP contribution < -0.4 is 10.5 Å². The molecule has 1 fully saturated rings. The van der Waals surface area contributed by atoms with Crippen LogP contribution >= 0.6 is 0 Å². The van der Waals surface area contributed by atoms with E-state index in [1.54, 1.807) is 0 Å². The number of amides is 2. The third-order valence-electron chi connectivity index (χ3n) is 4.82. The van der Waals surface area contributed by atoms with Gasteiger partial charge in [0, 0.05) is 13.0 Å². The van der Waals surface area contributed by atoms with Gasteiger partial charge in [0.05, 0.1) is 0 Å². The molecule has 3 rings (SSSR count). The van der Waals surface area contributed by atoms with Crippen LogP contribution in [0, 0.1) is 23.3 Å². The van der Waals surface area contributed by atoms with E-state index in [2.05, 4.69) is 0 Å². The van der Waals surface area contributed by atoms with Gasteiger partial charge in [-0.05, 0) is 49.1 Å². The number of halogens is 4. The second-order valence-electron chi connectivity index (χ2n) is 6.68. The molecule has 144 valence electrons. The lowest BCUT2D eigenvalue weighted by molar-refractivity contribution is -0.0744. The van der Waals surface area contributed by atoms with Gasteiger partial charge in [-0.3, -0.25) is 4.90 Å². The van der Waals surface area contributed by atoms with Gasteiger partial charge in [0.15, 0.2) is 28.9 Å². The van der Waals surface area contributed by atoms with Crippen molar-refractivity contribution in [2.45, 2.75) is 31.4 Å². The predicted molar refractivity (Wildman–Crippen MR) is 90.0 cm³/mol. The van der Waals surface area contributed by atoms with E-state index in [1.165, 1.54) is 30.0 Å². The number of nitrogens with two attached hydrogens (primary N) is 1. The standard InChI is InChI=1S/C19H18F4N2O2/c1-19(27-16-4-2-3-14(21)17(16)23)10-12(7-8-25(19)18(24)26)11-5-6-13(20)15(22)9-11/h2-6,9,12H,7-8,10H2,1H3,(H2,24,26). The van der Waals surface area contributed by atoms with E-state index in [0.717, 1.165) is 18.2 Å². The van der Waals surface area contributed by atoms with Crippen molar-refractivity contribution < 1.29 is 27.1 Å². The highest BCUT2D eigenvalue weighted by atomic mass is 19.2. The van der Waals surface area contributed by atoms with Gasteiger partial charge in [-0.1, -0.05) is 12.1 Å². The van der Waals surface area contributed by atoms with Crippen molar-refractivity contribution in [3.63, 3.8) is 0 Å². The number of primary amides is 1. The molecule has 1 heterocycles. The van der Waals surface area contributed by atoms with Crippen molar-refractivity contribution in [2.24, 2.45) is 5.73 Å². The van der Waals surface area contributed by atoms with Crippen LogP contribution in [0.5, 0.6) is 5.75 Å². The SMILES string of the molecule is CC1(Oc2cccc(F)c2F)CC(c2ccc(F)c(F)c2)CCN1C(N)=O. The largest absolute Gasteiger partial charge is 0.465 e. The second kappa shape index (κ2) is 7.09. The second-order valence-corrected chi connectivity index (χ2v) is 6.68. The molecule has 2 unspecified atom stereocenters. The third kappa shape index (κ3) is 3.70. The van der Waals surface area contributed by atoms with Gasteiger partial charge in [0.2, 0.25) is 5.82 Å². The van der Waals surface area contributed by atoms with Gasteiger partial charge < -0.3 is 10.5 Å². The summed E-state index contributed by atoms with van der Waals surface area (Å²) in [4.78, 5) is 13.1. The number of carbonyl (C=O) groups is 1. The number of piperidine rings is 1. The molecule has 2 aromatic carbocycles. The summed E-state index contributed by atoms with van der Waals surface area (Å²) >= 11 is 0. The van der Waals surface area contributed by atoms with Gasteiger partial charge in [-0.25, -0.2) is 18.0 Å². The van der Waals surface area contributed by atoms with E-state index < -0.39 is 35.0 Å². The van der Waals surface area contributed by atoms with Crippen molar-refractivity contribution in [1.29, 1.82) is 0 Å². The average Bonchev–Trinajstić information content (AvgIpc) is 2.60. The van der Waals surface area contributed by atoms with Crippen LogP contribution in [0.25, 0.3) is 0 Å². The minimum Gasteiger partial charge on any atom is -0.465 e. The maximum absolute atomic E-state index is 14.0. The van der Waals surface area contributed by atoms with Crippen LogP contribution in [0.1, 0.15) is 31.2 Å². The lowest BCUT2D eigenvalue weighted by Gasteiger charge is -2.46. The molecule has 2 aromatic rings. The highest BCUT2D eigenvalue weighted by Crippen LogP contribution is 2.40. The summed E-state index contributed by atoms with van der Waals surface area (Å²) in [6.07, 6.45) is 0.565. The first-order valence-electron chi connectivity index (χ1n) is 8.36. The van der Waals surface area contributed by atoms with Crippen LogP contribution in [0.15, 0.2) is 36.4 Å². The van der Waals surface area contributed by atoms with E-state index >= 15 is 0 Å². The number of likely N-dealkylation sites (tertiary alicyclic amines) is 1. The minimum absolute atomic E-state index is 0.136. The van der Waals surface area contributed by atoms with Crippen LogP contribution in [-0.2, 0) is 0 Å². The molecular formula is C19H18F4N2O2. The van der Waals surface area contributed by atoms with E-state index in [9.17, 15) is 22.4 Å². The molecule has 0 bridgehead atoms. The Morgan fingerprint density at radius 3 is 2.56 bits per heavy atom. The Bertz CT molecular complexity index is 877. The zero-order valence-corrected chi connectivity index (χ0v) is 14.5. The molecule has 0 aliphatic carbocycles. The molecule has 0 aromatic heterocycles. The molecule has 8 heteroatoms. The van der Waals surface area contributed by atoms with Gasteiger partial charge in [-0.2, -0.15) is 4.39 Å². The Balaban J connectivity index is 1.93. The van der Waals surface area contributed by atoms with Crippen molar-refractivity contribution in [1.82, 2.24) is 4.90 Å². The summed E-state index contributed by atoms with van der Waals surface area (Å²) in [5, 5.41) is 0. The molecule has 2 amide bonds. The van der Waals surface area contributed by atoms with E-state index in [1.807, 2.05) is 0 Å². The number of nitrogens with zero attached hydrogens (tertiary/aromatic N) is 1. The first kappa shape index (κ1) is 19.0. The maximum Gasteiger partial charge on any atom is 0.317 e. The van der Waals surface area contributed by atoms with Crippen LogP contribution in [0.2, 0.25) is 0 Å². The molecule has 0 radical (unpaired) electrons. The number of rotatable bonds is 3. The Hall–Kier alpha value is -2.77. The fourth-order valence-electron chi connectivity index (χ4n) is 3.48. The lowest BCUT2D eigenvalue weighted by atomic mass is 9.84. The first-order chi connectivity index (χ1) is 12.7. The van der Waals surface area contributed by atoms with Crippen molar-refractivity contribution in [3.05, 3.63) is 65.2 Å². The Kier molecular flexibility index (Phi) is 4.99. The van der Waals surface area contributed by atoms with Crippen LogP contribution in [-0.4, -0.2) is 23.2 Å². The predicted octanol–water partition coefficient (Wildman–Crippen LogP) is 4.30. The number of benzene rings is 2. The Morgan fingerprint density at radius 2 is 1.89 bits per heavy atom. The normalized spacial score (nSPS) is 22.6. The van der Waals surface area contributed by atoms with Crippen molar-refractivity contribution in [2.75, 3.05) is 6.54 Å². The summed E-state index contributed by atoms with van der Waals surface area (Å²) in [5.41, 5.74) is 4.55. The summed E-state index contributed by atoms with van der Waals surface area (Å²) < 4.78 is 60.0. The van der Waals surface area contributed by atoms with Crippen molar-refractivity contribution >= 4 is 6.03 Å².